The third-order valence-electron chi connectivity index (χ3n) is 4.07. The average molecular weight is 312 g/mol. The first kappa shape index (κ1) is 16.3. The van der Waals surface area contributed by atoms with Crippen LogP contribution < -0.4 is 5.32 Å². The van der Waals surface area contributed by atoms with E-state index in [9.17, 15) is 13.5 Å². The molecular formula is C15H24N2O3S. The Morgan fingerprint density at radius 1 is 1.29 bits per heavy atom. The number of hydrogen-bond acceptors (Lipinski definition) is 4. The zero-order chi connectivity index (χ0) is 15.5. The Balaban J connectivity index is 2.32. The van der Waals surface area contributed by atoms with Crippen molar-refractivity contribution < 1.29 is 13.5 Å². The maximum absolute atomic E-state index is 12.8. The van der Waals surface area contributed by atoms with Crippen LogP contribution >= 0.6 is 0 Å². The summed E-state index contributed by atoms with van der Waals surface area (Å²) in [6.45, 7) is 2.58. The van der Waals surface area contributed by atoms with Crippen molar-refractivity contribution in [3.8, 4) is 0 Å². The number of sulfonamides is 1. The van der Waals surface area contributed by atoms with E-state index in [1.54, 1.807) is 25.2 Å². The van der Waals surface area contributed by atoms with Crippen LogP contribution in [0.5, 0.6) is 0 Å². The summed E-state index contributed by atoms with van der Waals surface area (Å²) < 4.78 is 27.0. The minimum Gasteiger partial charge on any atom is -0.391 e. The van der Waals surface area contributed by atoms with Gasteiger partial charge in [-0.2, -0.15) is 4.31 Å². The highest BCUT2D eigenvalue weighted by Crippen LogP contribution is 2.29. The van der Waals surface area contributed by atoms with E-state index in [-0.39, 0.29) is 10.9 Å². The summed E-state index contributed by atoms with van der Waals surface area (Å²) in [7, 11) is -2.05. The van der Waals surface area contributed by atoms with Gasteiger partial charge in [-0.25, -0.2) is 8.42 Å². The van der Waals surface area contributed by atoms with Crippen LogP contribution in [0.4, 0.5) is 5.69 Å². The van der Waals surface area contributed by atoms with Gasteiger partial charge in [-0.05, 0) is 31.9 Å². The SMILES string of the molecule is CCNc1ccccc1S(=O)(=O)N(C)C1CCCCC1O. The van der Waals surface area contributed by atoms with Gasteiger partial charge in [0.25, 0.3) is 0 Å². The second-order valence-electron chi connectivity index (χ2n) is 5.47. The van der Waals surface area contributed by atoms with Gasteiger partial charge in [0.15, 0.2) is 0 Å². The van der Waals surface area contributed by atoms with E-state index in [1.807, 2.05) is 13.0 Å². The summed E-state index contributed by atoms with van der Waals surface area (Å²) in [5.41, 5.74) is 0.608. The van der Waals surface area contributed by atoms with E-state index in [0.29, 0.717) is 25.1 Å². The van der Waals surface area contributed by atoms with Crippen LogP contribution in [-0.2, 0) is 10.0 Å². The molecule has 0 aromatic heterocycles. The molecule has 1 aromatic rings. The molecule has 1 saturated carbocycles. The van der Waals surface area contributed by atoms with E-state index in [4.69, 9.17) is 0 Å². The first-order valence-electron chi connectivity index (χ1n) is 7.47. The molecule has 21 heavy (non-hydrogen) atoms. The quantitative estimate of drug-likeness (QED) is 0.873. The molecule has 0 aliphatic heterocycles. The van der Waals surface area contributed by atoms with Crippen LogP contribution in [0.15, 0.2) is 29.2 Å². The highest BCUT2D eigenvalue weighted by molar-refractivity contribution is 7.89. The molecular weight excluding hydrogens is 288 g/mol. The summed E-state index contributed by atoms with van der Waals surface area (Å²) in [6.07, 6.45) is 2.71. The second-order valence-corrected chi connectivity index (χ2v) is 7.43. The molecule has 0 amide bonds. The summed E-state index contributed by atoms with van der Waals surface area (Å²) in [5, 5.41) is 13.2. The molecule has 2 N–H and O–H groups in total. The molecule has 2 rings (SSSR count). The number of anilines is 1. The van der Waals surface area contributed by atoms with Gasteiger partial charge in [0.05, 0.1) is 17.8 Å². The second kappa shape index (κ2) is 6.77. The molecule has 0 saturated heterocycles. The van der Waals surface area contributed by atoms with Gasteiger partial charge < -0.3 is 10.4 Å². The van der Waals surface area contributed by atoms with Gasteiger partial charge in [-0.1, -0.05) is 25.0 Å². The summed E-state index contributed by atoms with van der Waals surface area (Å²) in [6, 6.07) is 6.57. The fraction of sp³-hybridized carbons (Fsp3) is 0.600. The van der Waals surface area contributed by atoms with Crippen LogP contribution in [0.1, 0.15) is 32.6 Å². The molecule has 0 radical (unpaired) electrons. The van der Waals surface area contributed by atoms with Crippen molar-refractivity contribution in [2.75, 3.05) is 18.9 Å². The van der Waals surface area contributed by atoms with Gasteiger partial charge in [-0.15, -0.1) is 0 Å². The van der Waals surface area contributed by atoms with Crippen molar-refractivity contribution in [3.63, 3.8) is 0 Å². The van der Waals surface area contributed by atoms with Crippen molar-refractivity contribution >= 4 is 15.7 Å². The van der Waals surface area contributed by atoms with Gasteiger partial charge in [0.1, 0.15) is 4.90 Å². The maximum Gasteiger partial charge on any atom is 0.245 e. The fourth-order valence-electron chi connectivity index (χ4n) is 2.88. The zero-order valence-corrected chi connectivity index (χ0v) is 13.4. The average Bonchev–Trinajstić information content (AvgIpc) is 2.48. The lowest BCUT2D eigenvalue weighted by Gasteiger charge is -2.34. The predicted molar refractivity (Wildman–Crippen MR) is 83.8 cm³/mol. The van der Waals surface area contributed by atoms with Crippen molar-refractivity contribution in [1.82, 2.24) is 4.31 Å². The van der Waals surface area contributed by atoms with E-state index < -0.39 is 16.1 Å². The summed E-state index contributed by atoms with van der Waals surface area (Å²) in [4.78, 5) is 0.270. The lowest BCUT2D eigenvalue weighted by molar-refractivity contribution is 0.0638. The number of nitrogens with one attached hydrogen (secondary N) is 1. The topological polar surface area (TPSA) is 69.6 Å². The Labute approximate surface area is 127 Å². The highest BCUT2D eigenvalue weighted by atomic mass is 32.2. The number of aliphatic hydroxyl groups is 1. The lowest BCUT2D eigenvalue weighted by atomic mass is 9.93. The fourth-order valence-corrected chi connectivity index (χ4v) is 4.46. The Morgan fingerprint density at radius 2 is 1.95 bits per heavy atom. The zero-order valence-electron chi connectivity index (χ0n) is 12.6. The van der Waals surface area contributed by atoms with Gasteiger partial charge in [-0.3, -0.25) is 0 Å². The third-order valence-corrected chi connectivity index (χ3v) is 6.01. The van der Waals surface area contributed by atoms with Crippen molar-refractivity contribution in [3.05, 3.63) is 24.3 Å². The Morgan fingerprint density at radius 3 is 2.62 bits per heavy atom. The Hall–Kier alpha value is -1.11. The molecule has 1 fully saturated rings. The number of aliphatic hydroxyl groups excluding tert-OH is 1. The van der Waals surface area contributed by atoms with Crippen LogP contribution in [0, 0.1) is 0 Å². The largest absolute Gasteiger partial charge is 0.391 e. The highest BCUT2D eigenvalue weighted by Gasteiger charge is 2.35. The van der Waals surface area contributed by atoms with E-state index in [2.05, 4.69) is 5.32 Å². The molecule has 2 unspecified atom stereocenters. The van der Waals surface area contributed by atoms with Crippen molar-refractivity contribution in [2.45, 2.75) is 49.6 Å². The molecule has 1 aromatic carbocycles. The normalized spacial score (nSPS) is 23.2. The number of nitrogens with zero attached hydrogens (tertiary/aromatic N) is 1. The van der Waals surface area contributed by atoms with E-state index in [0.717, 1.165) is 12.8 Å². The molecule has 2 atom stereocenters. The number of likely N-dealkylation sites (N-methyl/N-ethyl adjacent to an activating group) is 1. The first-order chi connectivity index (χ1) is 9.98. The maximum atomic E-state index is 12.8. The Kier molecular flexibility index (Phi) is 5.24. The molecule has 0 spiro atoms. The standard InChI is InChI=1S/C15H24N2O3S/c1-3-16-12-8-4-7-11-15(12)21(19,20)17(2)13-9-5-6-10-14(13)18/h4,7-8,11,13-14,16,18H,3,5-6,9-10H2,1-2H3. The van der Waals surface area contributed by atoms with Crippen LogP contribution in [0.25, 0.3) is 0 Å². The summed E-state index contributed by atoms with van der Waals surface area (Å²) >= 11 is 0. The van der Waals surface area contributed by atoms with E-state index in [1.165, 1.54) is 4.31 Å². The number of para-hydroxylation sites is 1. The van der Waals surface area contributed by atoms with Crippen molar-refractivity contribution in [1.29, 1.82) is 0 Å². The Bertz CT molecular complexity index is 574. The molecule has 6 heteroatoms. The summed E-state index contributed by atoms with van der Waals surface area (Å²) in [5.74, 6) is 0. The third kappa shape index (κ3) is 3.39. The van der Waals surface area contributed by atoms with Gasteiger partial charge >= 0.3 is 0 Å². The molecule has 0 heterocycles. The number of hydrogen-bond donors (Lipinski definition) is 2. The first-order valence-corrected chi connectivity index (χ1v) is 8.91. The molecule has 1 aliphatic rings. The molecule has 5 nitrogen and oxygen atoms in total. The molecule has 118 valence electrons. The van der Waals surface area contributed by atoms with E-state index >= 15 is 0 Å². The van der Waals surface area contributed by atoms with Crippen LogP contribution in [-0.4, -0.2) is 43.6 Å². The van der Waals surface area contributed by atoms with Crippen LogP contribution in [0.3, 0.4) is 0 Å². The minimum atomic E-state index is -3.61. The number of rotatable bonds is 5. The number of benzene rings is 1. The predicted octanol–water partition coefficient (Wildman–Crippen LogP) is 2.04. The molecule has 1 aliphatic carbocycles. The molecule has 0 bridgehead atoms. The van der Waals surface area contributed by atoms with Gasteiger partial charge in [0.2, 0.25) is 10.0 Å². The minimum absolute atomic E-state index is 0.270. The lowest BCUT2D eigenvalue weighted by Crippen LogP contribution is -2.46. The smallest absolute Gasteiger partial charge is 0.245 e. The van der Waals surface area contributed by atoms with Crippen LogP contribution in [0.2, 0.25) is 0 Å². The van der Waals surface area contributed by atoms with Gasteiger partial charge in [0, 0.05) is 13.6 Å². The monoisotopic (exact) mass is 312 g/mol. The van der Waals surface area contributed by atoms with Crippen molar-refractivity contribution in [2.24, 2.45) is 0 Å².